The summed E-state index contributed by atoms with van der Waals surface area (Å²) in [6.07, 6.45) is 5.45. The quantitative estimate of drug-likeness (QED) is 0.312. The first-order valence-corrected chi connectivity index (χ1v) is 12.6. The molecule has 0 saturated carbocycles. The zero-order valence-corrected chi connectivity index (χ0v) is 21.1. The van der Waals surface area contributed by atoms with Crippen molar-refractivity contribution in [3.05, 3.63) is 114 Å². The van der Waals surface area contributed by atoms with Crippen molar-refractivity contribution in [2.45, 2.75) is 18.9 Å². The molecule has 1 aromatic heterocycles. The number of hydrogen-bond acceptors (Lipinski definition) is 7. The Balaban J connectivity index is 1.17. The van der Waals surface area contributed by atoms with Gasteiger partial charge in [0.25, 0.3) is 11.8 Å². The maximum atomic E-state index is 12.9. The fraction of sp³-hybridized carbons (Fsp3) is 0.167. The number of nitrogens with zero attached hydrogens (tertiary/aromatic N) is 3. The largest absolute Gasteiger partial charge is 0.393 e. The number of aliphatic hydroxyl groups is 1. The van der Waals surface area contributed by atoms with Crippen molar-refractivity contribution in [2.24, 2.45) is 0 Å². The molecule has 2 amide bonds. The van der Waals surface area contributed by atoms with Crippen LogP contribution in [0.2, 0.25) is 0 Å². The molecule has 3 N–H and O–H groups in total. The number of hydrogen-bond donors (Lipinski definition) is 3. The van der Waals surface area contributed by atoms with Gasteiger partial charge in [0.15, 0.2) is 5.78 Å². The van der Waals surface area contributed by atoms with Gasteiger partial charge in [-0.3, -0.25) is 14.4 Å². The molecule has 2 heterocycles. The van der Waals surface area contributed by atoms with E-state index in [0.717, 1.165) is 31.6 Å². The lowest BCUT2D eigenvalue weighted by molar-refractivity contribution is 0.101. The smallest absolute Gasteiger partial charge is 0.258 e. The van der Waals surface area contributed by atoms with E-state index in [1.165, 1.54) is 18.7 Å². The van der Waals surface area contributed by atoms with Gasteiger partial charge < -0.3 is 20.6 Å². The third-order valence-corrected chi connectivity index (χ3v) is 6.59. The normalized spacial score (nSPS) is 13.5. The Bertz CT molecular complexity index is 1450. The molecule has 39 heavy (non-hydrogen) atoms. The number of nitrogens with one attached hydrogen (secondary N) is 2. The van der Waals surface area contributed by atoms with Gasteiger partial charge in [0.05, 0.1) is 11.7 Å². The van der Waals surface area contributed by atoms with E-state index in [1.54, 1.807) is 60.7 Å². The van der Waals surface area contributed by atoms with Crippen molar-refractivity contribution in [1.82, 2.24) is 9.97 Å². The van der Waals surface area contributed by atoms with E-state index in [0.29, 0.717) is 33.6 Å². The number of carbonyl (C=O) groups excluding carboxylic acids is 3. The summed E-state index contributed by atoms with van der Waals surface area (Å²) in [5.74, 6) is -0.761. The van der Waals surface area contributed by atoms with E-state index in [2.05, 4.69) is 25.5 Å². The van der Waals surface area contributed by atoms with E-state index in [4.69, 9.17) is 0 Å². The van der Waals surface area contributed by atoms with Gasteiger partial charge in [-0.05, 0) is 85.6 Å². The highest BCUT2D eigenvalue weighted by Crippen LogP contribution is 2.22. The van der Waals surface area contributed by atoms with Gasteiger partial charge in [-0.2, -0.15) is 0 Å². The van der Waals surface area contributed by atoms with Crippen LogP contribution in [0.25, 0.3) is 0 Å². The Morgan fingerprint density at radius 3 is 1.64 bits per heavy atom. The van der Waals surface area contributed by atoms with Crippen LogP contribution in [-0.2, 0) is 0 Å². The molecular formula is C30H27N5O4. The second-order valence-corrected chi connectivity index (χ2v) is 9.28. The molecule has 0 bridgehead atoms. The number of rotatable bonds is 7. The molecule has 3 aromatic carbocycles. The van der Waals surface area contributed by atoms with Gasteiger partial charge in [0.1, 0.15) is 6.33 Å². The highest BCUT2D eigenvalue weighted by Gasteiger charge is 2.18. The summed E-state index contributed by atoms with van der Waals surface area (Å²) in [4.78, 5) is 47.8. The number of carbonyl (C=O) groups is 3. The van der Waals surface area contributed by atoms with Gasteiger partial charge in [0, 0.05) is 59.2 Å². The van der Waals surface area contributed by atoms with Crippen molar-refractivity contribution in [3.63, 3.8) is 0 Å². The SMILES string of the molecule is O=C(Nc1ccc(C(=O)c2ccc(NC(=O)c3cncnc3)cc2)cc1)c1ccc(N2CCC(O)CC2)cc1. The van der Waals surface area contributed by atoms with Gasteiger partial charge in [0.2, 0.25) is 0 Å². The minimum absolute atomic E-state index is 0.178. The van der Waals surface area contributed by atoms with E-state index in [1.807, 2.05) is 12.1 Å². The molecule has 1 aliphatic rings. The predicted molar refractivity (Wildman–Crippen MR) is 148 cm³/mol. The number of aromatic nitrogens is 2. The average molecular weight is 522 g/mol. The number of benzene rings is 3. The van der Waals surface area contributed by atoms with Crippen LogP contribution < -0.4 is 15.5 Å². The van der Waals surface area contributed by atoms with Crippen molar-refractivity contribution in [1.29, 1.82) is 0 Å². The standard InChI is InChI=1S/C30H27N5O4/c36-27-13-15-35(16-14-27)26-11-5-22(6-12-26)29(38)33-24-7-1-20(2-8-24)28(37)21-3-9-25(10-4-21)34-30(39)23-17-31-19-32-18-23/h1-12,17-19,27,36H,13-16H2,(H,33,38)(H,34,39). The maximum Gasteiger partial charge on any atom is 0.258 e. The highest BCUT2D eigenvalue weighted by molar-refractivity contribution is 6.10. The molecule has 0 atom stereocenters. The molecule has 9 heteroatoms. The lowest BCUT2D eigenvalue weighted by Gasteiger charge is -2.31. The first-order valence-electron chi connectivity index (χ1n) is 12.6. The summed E-state index contributed by atoms with van der Waals surface area (Å²) in [5.41, 5.74) is 3.96. The van der Waals surface area contributed by atoms with Crippen LogP contribution in [0.3, 0.4) is 0 Å². The summed E-state index contributed by atoms with van der Waals surface area (Å²) in [7, 11) is 0. The van der Waals surface area contributed by atoms with Crippen molar-refractivity contribution < 1.29 is 19.5 Å². The second kappa shape index (κ2) is 11.7. The molecule has 0 aliphatic carbocycles. The minimum atomic E-state index is -0.342. The number of piperidine rings is 1. The Kier molecular flexibility index (Phi) is 7.70. The van der Waals surface area contributed by atoms with Gasteiger partial charge in [-0.25, -0.2) is 9.97 Å². The minimum Gasteiger partial charge on any atom is -0.393 e. The zero-order chi connectivity index (χ0) is 27.2. The second-order valence-electron chi connectivity index (χ2n) is 9.28. The molecule has 1 saturated heterocycles. The van der Waals surface area contributed by atoms with Crippen LogP contribution in [0.5, 0.6) is 0 Å². The highest BCUT2D eigenvalue weighted by atomic mass is 16.3. The third-order valence-electron chi connectivity index (χ3n) is 6.59. The van der Waals surface area contributed by atoms with Crippen LogP contribution in [0.15, 0.2) is 91.5 Å². The lowest BCUT2D eigenvalue weighted by Crippen LogP contribution is -2.35. The maximum absolute atomic E-state index is 12.9. The van der Waals surface area contributed by atoms with E-state index in [9.17, 15) is 19.5 Å². The van der Waals surface area contributed by atoms with E-state index >= 15 is 0 Å². The number of amides is 2. The van der Waals surface area contributed by atoms with Crippen LogP contribution in [0, 0.1) is 0 Å². The topological polar surface area (TPSA) is 125 Å². The van der Waals surface area contributed by atoms with Crippen molar-refractivity contribution in [3.8, 4) is 0 Å². The van der Waals surface area contributed by atoms with Crippen LogP contribution >= 0.6 is 0 Å². The lowest BCUT2D eigenvalue weighted by atomic mass is 10.0. The summed E-state index contributed by atoms with van der Waals surface area (Å²) in [6.45, 7) is 1.59. The van der Waals surface area contributed by atoms with Crippen LogP contribution in [0.1, 0.15) is 49.5 Å². The number of anilines is 3. The summed E-state index contributed by atoms with van der Waals surface area (Å²) < 4.78 is 0. The fourth-order valence-corrected chi connectivity index (χ4v) is 4.35. The van der Waals surface area contributed by atoms with Gasteiger partial charge >= 0.3 is 0 Å². The zero-order valence-electron chi connectivity index (χ0n) is 21.1. The average Bonchev–Trinajstić information content (AvgIpc) is 2.98. The summed E-state index contributed by atoms with van der Waals surface area (Å²) in [6, 6.07) is 20.7. The predicted octanol–water partition coefficient (Wildman–Crippen LogP) is 4.17. The van der Waals surface area contributed by atoms with Crippen LogP contribution in [-0.4, -0.2) is 51.9 Å². The Labute approximate surface area is 225 Å². The summed E-state index contributed by atoms with van der Waals surface area (Å²) in [5, 5.41) is 15.3. The molecule has 0 radical (unpaired) electrons. The van der Waals surface area contributed by atoms with E-state index < -0.39 is 0 Å². The first-order chi connectivity index (χ1) is 19.0. The first kappa shape index (κ1) is 25.7. The fourth-order valence-electron chi connectivity index (χ4n) is 4.35. The Hall–Kier alpha value is -4.89. The molecule has 4 aromatic rings. The monoisotopic (exact) mass is 521 g/mol. The molecule has 5 rings (SSSR count). The van der Waals surface area contributed by atoms with Gasteiger partial charge in [-0.1, -0.05) is 0 Å². The van der Waals surface area contributed by atoms with Crippen molar-refractivity contribution >= 4 is 34.7 Å². The molecular weight excluding hydrogens is 494 g/mol. The molecule has 1 fully saturated rings. The molecule has 9 nitrogen and oxygen atoms in total. The van der Waals surface area contributed by atoms with E-state index in [-0.39, 0.29) is 23.7 Å². The molecule has 0 spiro atoms. The van der Waals surface area contributed by atoms with Gasteiger partial charge in [-0.15, -0.1) is 0 Å². The molecule has 1 aliphatic heterocycles. The summed E-state index contributed by atoms with van der Waals surface area (Å²) >= 11 is 0. The van der Waals surface area contributed by atoms with Crippen LogP contribution in [0.4, 0.5) is 17.1 Å². The molecule has 196 valence electrons. The number of ketones is 1. The van der Waals surface area contributed by atoms with Crippen molar-refractivity contribution in [2.75, 3.05) is 28.6 Å². The number of aliphatic hydroxyl groups excluding tert-OH is 1. The Morgan fingerprint density at radius 1 is 0.667 bits per heavy atom. The molecule has 0 unspecified atom stereocenters. The third kappa shape index (κ3) is 6.34. The Morgan fingerprint density at radius 2 is 1.13 bits per heavy atom.